The number of rotatable bonds is 6. The fourth-order valence-corrected chi connectivity index (χ4v) is 2.56. The summed E-state index contributed by atoms with van der Waals surface area (Å²) in [6.07, 6.45) is 0. The molecule has 0 saturated carbocycles. The van der Waals surface area contributed by atoms with Crippen LogP contribution < -0.4 is 15.9 Å². The number of nitrogens with one attached hydrogen (secondary N) is 1. The van der Waals surface area contributed by atoms with E-state index in [1.54, 1.807) is 24.3 Å². The van der Waals surface area contributed by atoms with E-state index < -0.39 is 17.1 Å². The van der Waals surface area contributed by atoms with Crippen LogP contribution in [0.5, 0.6) is 5.75 Å². The van der Waals surface area contributed by atoms with E-state index in [1.165, 1.54) is 0 Å². The van der Waals surface area contributed by atoms with Crippen LogP contribution in [0, 0.1) is 6.92 Å². The highest BCUT2D eigenvalue weighted by molar-refractivity contribution is 5.80. The van der Waals surface area contributed by atoms with E-state index in [0.717, 1.165) is 16.0 Å². The molecule has 7 heteroatoms. The molecule has 2 aromatic carbocycles. The maximum atomic E-state index is 12.3. The smallest absolute Gasteiger partial charge is 0.327 e. The second kappa shape index (κ2) is 7.69. The first-order chi connectivity index (χ1) is 12.6. The quantitative estimate of drug-likeness (QED) is 0.537. The van der Waals surface area contributed by atoms with Crippen LogP contribution in [0.4, 0.5) is 0 Å². The molecule has 7 nitrogen and oxygen atoms in total. The van der Waals surface area contributed by atoms with Crippen LogP contribution in [-0.2, 0) is 16.1 Å². The third-order valence-corrected chi connectivity index (χ3v) is 3.87. The fourth-order valence-electron chi connectivity index (χ4n) is 2.56. The van der Waals surface area contributed by atoms with E-state index in [1.807, 2.05) is 31.2 Å². The van der Waals surface area contributed by atoms with Crippen molar-refractivity contribution in [1.29, 1.82) is 0 Å². The summed E-state index contributed by atoms with van der Waals surface area (Å²) in [6, 6.07) is 14.0. The van der Waals surface area contributed by atoms with Crippen LogP contribution in [0.2, 0.25) is 0 Å². The van der Waals surface area contributed by atoms with Crippen molar-refractivity contribution in [1.82, 2.24) is 9.78 Å². The molecule has 1 heterocycles. The van der Waals surface area contributed by atoms with E-state index in [-0.39, 0.29) is 30.5 Å². The minimum Gasteiger partial charge on any atom is -0.490 e. The zero-order valence-corrected chi connectivity index (χ0v) is 14.2. The molecule has 0 fully saturated rings. The maximum Gasteiger partial charge on any atom is 0.327 e. The third kappa shape index (κ3) is 3.83. The van der Waals surface area contributed by atoms with Gasteiger partial charge in [-0.25, -0.2) is 4.68 Å². The van der Waals surface area contributed by atoms with Crippen LogP contribution in [-0.4, -0.2) is 29.0 Å². The lowest BCUT2D eigenvalue weighted by molar-refractivity contribution is -0.145. The number of nitrogens with zero attached hydrogens (tertiary/aromatic N) is 1. The van der Waals surface area contributed by atoms with Crippen LogP contribution in [0.1, 0.15) is 5.56 Å². The SMILES string of the molecule is Cc1ccccc1OCCOC(=O)Cn1[nH]c(=O)c2ccccc2c1=O. The lowest BCUT2D eigenvalue weighted by atomic mass is 10.2. The standard InChI is InChI=1S/C19H18N2O5/c1-13-6-2-5-9-16(13)25-10-11-26-17(22)12-21-19(24)15-8-4-3-7-14(15)18(23)20-21/h2-9H,10-12H2,1H3,(H,20,23). The molecule has 0 aliphatic heterocycles. The molecule has 0 aliphatic carbocycles. The zero-order chi connectivity index (χ0) is 18.5. The van der Waals surface area contributed by atoms with Gasteiger partial charge >= 0.3 is 5.97 Å². The zero-order valence-electron chi connectivity index (χ0n) is 14.2. The first-order valence-corrected chi connectivity index (χ1v) is 8.12. The predicted octanol–water partition coefficient (Wildman–Crippen LogP) is 1.62. The van der Waals surface area contributed by atoms with Gasteiger partial charge in [-0.1, -0.05) is 30.3 Å². The molecular formula is C19H18N2O5. The minimum atomic E-state index is -0.633. The monoisotopic (exact) mass is 354 g/mol. The molecule has 134 valence electrons. The fraction of sp³-hybridized carbons (Fsp3) is 0.211. The third-order valence-electron chi connectivity index (χ3n) is 3.87. The molecule has 0 amide bonds. The molecule has 3 rings (SSSR count). The number of aryl methyl sites for hydroxylation is 1. The molecule has 0 spiro atoms. The lowest BCUT2D eigenvalue weighted by Crippen LogP contribution is -2.33. The Labute approximate surface area is 148 Å². The number of H-pyrrole nitrogens is 1. The van der Waals surface area contributed by atoms with Crippen molar-refractivity contribution >= 4 is 16.7 Å². The summed E-state index contributed by atoms with van der Waals surface area (Å²) in [5, 5.41) is 2.93. The second-order valence-corrected chi connectivity index (χ2v) is 5.71. The molecule has 0 saturated heterocycles. The highest BCUT2D eigenvalue weighted by Crippen LogP contribution is 2.15. The van der Waals surface area contributed by atoms with Crippen molar-refractivity contribution in [2.24, 2.45) is 0 Å². The van der Waals surface area contributed by atoms with Gasteiger partial charge in [-0.05, 0) is 30.7 Å². The summed E-state index contributed by atoms with van der Waals surface area (Å²) >= 11 is 0. The van der Waals surface area contributed by atoms with E-state index in [4.69, 9.17) is 9.47 Å². The number of fused-ring (bicyclic) bond motifs is 1. The Balaban J connectivity index is 1.59. The number of ether oxygens (including phenoxy) is 2. The highest BCUT2D eigenvalue weighted by Gasteiger charge is 2.11. The number of aromatic nitrogens is 2. The van der Waals surface area contributed by atoms with Crippen LogP contribution >= 0.6 is 0 Å². The molecule has 3 aromatic rings. The normalized spacial score (nSPS) is 10.7. The van der Waals surface area contributed by atoms with Crippen molar-refractivity contribution in [3.05, 3.63) is 74.8 Å². The number of para-hydroxylation sites is 1. The van der Waals surface area contributed by atoms with Crippen LogP contribution in [0.25, 0.3) is 10.8 Å². The summed E-state index contributed by atoms with van der Waals surface area (Å²) in [5.74, 6) is 0.0880. The molecule has 0 bridgehead atoms. The number of hydrogen-bond donors (Lipinski definition) is 1. The Morgan fingerprint density at radius 3 is 2.46 bits per heavy atom. The van der Waals surface area contributed by atoms with Crippen molar-refractivity contribution in [2.75, 3.05) is 13.2 Å². The summed E-state index contributed by atoms with van der Waals surface area (Å²) in [5.41, 5.74) is 0.100. The number of carbonyl (C=O) groups is 1. The number of esters is 1. The van der Waals surface area contributed by atoms with Gasteiger partial charge < -0.3 is 9.47 Å². The molecule has 0 radical (unpaired) electrons. The first-order valence-electron chi connectivity index (χ1n) is 8.12. The highest BCUT2D eigenvalue weighted by atomic mass is 16.6. The Morgan fingerprint density at radius 2 is 1.69 bits per heavy atom. The molecule has 1 aromatic heterocycles. The Hall–Kier alpha value is -3.35. The van der Waals surface area contributed by atoms with Gasteiger partial charge in [0.05, 0.1) is 10.8 Å². The molecule has 1 N–H and O–H groups in total. The number of aromatic amines is 1. The average molecular weight is 354 g/mol. The summed E-state index contributed by atoms with van der Waals surface area (Å²) in [6.45, 7) is 1.78. The number of benzene rings is 2. The average Bonchev–Trinajstić information content (AvgIpc) is 2.64. The van der Waals surface area contributed by atoms with E-state index in [0.29, 0.717) is 0 Å². The largest absolute Gasteiger partial charge is 0.490 e. The Bertz CT molecular complexity index is 1050. The van der Waals surface area contributed by atoms with E-state index >= 15 is 0 Å². The van der Waals surface area contributed by atoms with Crippen molar-refractivity contribution in [3.63, 3.8) is 0 Å². The van der Waals surface area contributed by atoms with Gasteiger partial charge in [0.15, 0.2) is 0 Å². The van der Waals surface area contributed by atoms with Gasteiger partial charge in [0.2, 0.25) is 0 Å². The molecule has 0 unspecified atom stereocenters. The lowest BCUT2D eigenvalue weighted by Gasteiger charge is -2.10. The summed E-state index contributed by atoms with van der Waals surface area (Å²) in [7, 11) is 0. The molecule has 0 aliphatic rings. The molecular weight excluding hydrogens is 336 g/mol. The maximum absolute atomic E-state index is 12.3. The Kier molecular flexibility index (Phi) is 5.17. The Morgan fingerprint density at radius 1 is 1.00 bits per heavy atom. The molecule has 26 heavy (non-hydrogen) atoms. The van der Waals surface area contributed by atoms with Crippen LogP contribution in [0.3, 0.4) is 0 Å². The number of hydrogen-bond acceptors (Lipinski definition) is 5. The summed E-state index contributed by atoms with van der Waals surface area (Å²) < 4.78 is 11.6. The number of carbonyl (C=O) groups excluding carboxylic acids is 1. The minimum absolute atomic E-state index is 0.0414. The molecule has 0 atom stereocenters. The van der Waals surface area contributed by atoms with Gasteiger partial charge in [-0.3, -0.25) is 19.5 Å². The first kappa shape index (κ1) is 17.5. The van der Waals surface area contributed by atoms with Crippen molar-refractivity contribution in [3.8, 4) is 5.75 Å². The van der Waals surface area contributed by atoms with Gasteiger partial charge in [0, 0.05) is 0 Å². The second-order valence-electron chi connectivity index (χ2n) is 5.71. The van der Waals surface area contributed by atoms with Gasteiger partial charge in [-0.2, -0.15) is 0 Å². The van der Waals surface area contributed by atoms with E-state index in [2.05, 4.69) is 5.10 Å². The van der Waals surface area contributed by atoms with Gasteiger partial charge in [-0.15, -0.1) is 0 Å². The van der Waals surface area contributed by atoms with Gasteiger partial charge in [0.25, 0.3) is 11.1 Å². The van der Waals surface area contributed by atoms with E-state index in [9.17, 15) is 14.4 Å². The predicted molar refractivity (Wildman–Crippen MR) is 96.5 cm³/mol. The van der Waals surface area contributed by atoms with Crippen LogP contribution in [0.15, 0.2) is 58.1 Å². The summed E-state index contributed by atoms with van der Waals surface area (Å²) in [4.78, 5) is 36.3. The van der Waals surface area contributed by atoms with Gasteiger partial charge in [0.1, 0.15) is 25.5 Å². The van der Waals surface area contributed by atoms with Crippen molar-refractivity contribution in [2.45, 2.75) is 13.5 Å². The topological polar surface area (TPSA) is 90.4 Å². The van der Waals surface area contributed by atoms with Crippen molar-refractivity contribution < 1.29 is 14.3 Å².